The van der Waals surface area contributed by atoms with Gasteiger partial charge in [0.15, 0.2) is 5.78 Å². The summed E-state index contributed by atoms with van der Waals surface area (Å²) >= 11 is 8.92. The van der Waals surface area contributed by atoms with Crippen molar-refractivity contribution >= 4 is 58.4 Å². The molecule has 0 N–H and O–H groups in total. The van der Waals surface area contributed by atoms with Gasteiger partial charge in [0.05, 0.1) is 0 Å². The summed E-state index contributed by atoms with van der Waals surface area (Å²) in [5.41, 5.74) is 1.70. The van der Waals surface area contributed by atoms with Crippen molar-refractivity contribution in [3.05, 3.63) is 131 Å². The number of carbonyl (C=O) groups is 3. The number of Topliss-reactive ketones (excluding diaryl/α,β-unsaturated/α-hetero) is 2. The molecule has 8 heteroatoms. The lowest BCUT2D eigenvalue weighted by Gasteiger charge is -2.07. The van der Waals surface area contributed by atoms with Gasteiger partial charge in [0.1, 0.15) is 5.71 Å². The number of benzene rings is 3. The number of halogens is 1. The van der Waals surface area contributed by atoms with E-state index in [9.17, 15) is 14.4 Å². The van der Waals surface area contributed by atoms with E-state index in [0.29, 0.717) is 33.9 Å². The molecule has 39 heavy (non-hydrogen) atoms. The molecule has 0 aliphatic carbocycles. The highest BCUT2D eigenvalue weighted by atomic mass is 35.5. The molecule has 3 rings (SSSR count). The fraction of sp³-hybridized carbons (Fsp3) is 0.0968. The van der Waals surface area contributed by atoms with Crippen LogP contribution in [0, 0.1) is 0 Å². The molecule has 0 saturated carbocycles. The smallest absolute Gasteiger partial charge is 0.318 e. The molecule has 198 valence electrons. The summed E-state index contributed by atoms with van der Waals surface area (Å²) in [6.07, 6.45) is 5.35. The first-order valence-electron chi connectivity index (χ1n) is 11.9. The SMILES string of the molecule is C=C/C(=C\C=C\Sc1ccc(C(=O)/C(CCSc2ccc(Cl)cc2)=N/OC(C)=O)cc1)C(=O)c1ccccc1. The van der Waals surface area contributed by atoms with Crippen molar-refractivity contribution in [2.24, 2.45) is 5.16 Å². The lowest BCUT2D eigenvalue weighted by molar-refractivity contribution is -0.140. The van der Waals surface area contributed by atoms with Gasteiger partial charge in [-0.2, -0.15) is 0 Å². The van der Waals surface area contributed by atoms with Crippen LogP contribution in [0.4, 0.5) is 0 Å². The van der Waals surface area contributed by atoms with Gasteiger partial charge in [0.25, 0.3) is 0 Å². The molecule has 5 nitrogen and oxygen atoms in total. The maximum Gasteiger partial charge on any atom is 0.331 e. The van der Waals surface area contributed by atoms with E-state index in [1.807, 2.05) is 47.9 Å². The zero-order chi connectivity index (χ0) is 28.0. The van der Waals surface area contributed by atoms with Crippen LogP contribution < -0.4 is 0 Å². The molecule has 0 heterocycles. The maximum atomic E-state index is 13.1. The van der Waals surface area contributed by atoms with Crippen molar-refractivity contribution in [1.29, 1.82) is 0 Å². The fourth-order valence-electron chi connectivity index (χ4n) is 3.22. The highest BCUT2D eigenvalue weighted by Crippen LogP contribution is 2.23. The molecule has 0 aromatic heterocycles. The first kappa shape index (κ1) is 29.9. The van der Waals surface area contributed by atoms with E-state index in [1.165, 1.54) is 24.8 Å². The van der Waals surface area contributed by atoms with Gasteiger partial charge in [0, 0.05) is 50.6 Å². The number of allylic oxidation sites excluding steroid dienone is 4. The summed E-state index contributed by atoms with van der Waals surface area (Å²) in [4.78, 5) is 43.6. The number of thioether (sulfide) groups is 2. The van der Waals surface area contributed by atoms with Gasteiger partial charge in [-0.25, -0.2) is 4.79 Å². The average Bonchev–Trinajstić information content (AvgIpc) is 2.96. The van der Waals surface area contributed by atoms with E-state index in [0.717, 1.165) is 9.79 Å². The molecule has 0 unspecified atom stereocenters. The van der Waals surface area contributed by atoms with Crippen LogP contribution in [-0.2, 0) is 9.63 Å². The second kappa shape index (κ2) is 15.7. The zero-order valence-corrected chi connectivity index (χ0v) is 23.6. The minimum atomic E-state index is -0.594. The van der Waals surface area contributed by atoms with E-state index in [1.54, 1.807) is 60.3 Å². The van der Waals surface area contributed by atoms with E-state index in [4.69, 9.17) is 16.4 Å². The number of hydrogen-bond acceptors (Lipinski definition) is 7. The molecule has 0 aliphatic heterocycles. The number of ketones is 2. The van der Waals surface area contributed by atoms with Crippen molar-refractivity contribution < 1.29 is 19.2 Å². The van der Waals surface area contributed by atoms with Gasteiger partial charge < -0.3 is 4.84 Å². The van der Waals surface area contributed by atoms with Crippen molar-refractivity contribution in [3.8, 4) is 0 Å². The molecule has 0 spiro atoms. The predicted octanol–water partition coefficient (Wildman–Crippen LogP) is 8.23. The standard InChI is InChI=1S/C31H26ClNO4S2/c1-3-23(30(35)24-8-5-4-6-9-24)10-7-20-38-27-15-11-25(12-16-27)31(36)29(33-37-22(2)34)19-21-39-28-17-13-26(32)14-18-28/h3-18,20H,1,19,21H2,2H3/b20-7+,23-10+,33-29+. The number of oxime groups is 1. The normalized spacial score (nSPS) is 11.8. The van der Waals surface area contributed by atoms with E-state index >= 15 is 0 Å². The van der Waals surface area contributed by atoms with Crippen LogP contribution in [-0.4, -0.2) is 29.0 Å². The van der Waals surface area contributed by atoms with E-state index in [-0.39, 0.29) is 17.3 Å². The number of nitrogens with zero attached hydrogens (tertiary/aromatic N) is 1. The second-order valence-electron chi connectivity index (χ2n) is 7.99. The Hall–Kier alpha value is -3.65. The van der Waals surface area contributed by atoms with Crippen LogP contribution in [0.15, 0.2) is 130 Å². The number of rotatable bonds is 13. The summed E-state index contributed by atoms with van der Waals surface area (Å²) < 4.78 is 0. The first-order valence-corrected chi connectivity index (χ1v) is 14.1. The third kappa shape index (κ3) is 9.87. The average molecular weight is 576 g/mol. The van der Waals surface area contributed by atoms with Crippen molar-refractivity contribution in [3.63, 3.8) is 0 Å². The maximum absolute atomic E-state index is 13.1. The van der Waals surface area contributed by atoms with Crippen molar-refractivity contribution in [1.82, 2.24) is 0 Å². The quantitative estimate of drug-likeness (QED) is 0.0389. The van der Waals surface area contributed by atoms with Gasteiger partial charge in [-0.15, -0.1) is 11.8 Å². The summed E-state index contributed by atoms with van der Waals surface area (Å²) in [6, 6.07) is 23.5. The minimum Gasteiger partial charge on any atom is -0.318 e. The van der Waals surface area contributed by atoms with Gasteiger partial charge in [0.2, 0.25) is 5.78 Å². The Morgan fingerprint density at radius 2 is 1.54 bits per heavy atom. The van der Waals surface area contributed by atoms with Gasteiger partial charge >= 0.3 is 5.97 Å². The van der Waals surface area contributed by atoms with Gasteiger partial charge in [-0.1, -0.05) is 83.7 Å². The first-order chi connectivity index (χ1) is 18.9. The molecule has 0 fully saturated rings. The molecule has 3 aromatic carbocycles. The van der Waals surface area contributed by atoms with Crippen LogP contribution >= 0.6 is 35.1 Å². The molecule has 0 saturated heterocycles. The van der Waals surface area contributed by atoms with Crippen LogP contribution in [0.2, 0.25) is 5.02 Å². The van der Waals surface area contributed by atoms with Crippen molar-refractivity contribution in [2.45, 2.75) is 23.1 Å². The largest absolute Gasteiger partial charge is 0.331 e. The van der Waals surface area contributed by atoms with Gasteiger partial charge in [-0.05, 0) is 53.9 Å². The Bertz CT molecular complexity index is 1400. The molecule has 0 bridgehead atoms. The molecular weight excluding hydrogens is 550 g/mol. The zero-order valence-electron chi connectivity index (χ0n) is 21.2. The topological polar surface area (TPSA) is 72.8 Å². The third-order valence-corrected chi connectivity index (χ3v) is 7.26. The Kier molecular flexibility index (Phi) is 12.0. The van der Waals surface area contributed by atoms with Crippen LogP contribution in [0.25, 0.3) is 0 Å². The Labute approximate surface area is 241 Å². The molecule has 0 radical (unpaired) electrons. The lowest BCUT2D eigenvalue weighted by atomic mass is 10.0. The second-order valence-corrected chi connectivity index (χ2v) is 10.6. The Morgan fingerprint density at radius 1 is 0.897 bits per heavy atom. The highest BCUT2D eigenvalue weighted by molar-refractivity contribution is 8.02. The van der Waals surface area contributed by atoms with Crippen LogP contribution in [0.3, 0.4) is 0 Å². The predicted molar refractivity (Wildman–Crippen MR) is 161 cm³/mol. The fourth-order valence-corrected chi connectivity index (χ4v) is 4.81. The summed E-state index contributed by atoms with van der Waals surface area (Å²) in [6.45, 7) is 4.97. The monoisotopic (exact) mass is 575 g/mol. The molecular formula is C31H26ClNO4S2. The summed E-state index contributed by atoms with van der Waals surface area (Å²) in [7, 11) is 0. The summed E-state index contributed by atoms with van der Waals surface area (Å²) in [5, 5.41) is 6.31. The lowest BCUT2D eigenvalue weighted by Crippen LogP contribution is -2.16. The van der Waals surface area contributed by atoms with Crippen molar-refractivity contribution in [2.75, 3.05) is 5.75 Å². The number of hydrogen-bond donors (Lipinski definition) is 0. The van der Waals surface area contributed by atoms with Gasteiger partial charge in [-0.3, -0.25) is 9.59 Å². The van der Waals surface area contributed by atoms with E-state index < -0.39 is 5.97 Å². The highest BCUT2D eigenvalue weighted by Gasteiger charge is 2.16. The Balaban J connectivity index is 1.61. The minimum absolute atomic E-state index is 0.0964. The third-order valence-electron chi connectivity index (χ3n) is 5.16. The number of carbonyl (C=O) groups excluding carboxylic acids is 3. The molecule has 0 atom stereocenters. The van der Waals surface area contributed by atoms with Crippen LogP contribution in [0.5, 0.6) is 0 Å². The summed E-state index contributed by atoms with van der Waals surface area (Å²) in [5.74, 6) is -0.429. The molecule has 0 aliphatic rings. The van der Waals surface area contributed by atoms with E-state index in [2.05, 4.69) is 11.7 Å². The Morgan fingerprint density at radius 3 is 2.18 bits per heavy atom. The van der Waals surface area contributed by atoms with Crippen LogP contribution in [0.1, 0.15) is 34.1 Å². The molecule has 3 aromatic rings. The molecule has 0 amide bonds.